The summed E-state index contributed by atoms with van der Waals surface area (Å²) in [6.45, 7) is 15.5. The zero-order valence-corrected chi connectivity index (χ0v) is 19.9. The molecule has 0 radical (unpaired) electrons. The summed E-state index contributed by atoms with van der Waals surface area (Å²) < 4.78 is 10.5. The molecular weight excluding hydrogens is 388 g/mol. The van der Waals surface area contributed by atoms with E-state index in [-0.39, 0.29) is 36.6 Å². The Labute approximate surface area is 180 Å². The maximum Gasteiger partial charge on any atom is 0.410 e. The van der Waals surface area contributed by atoms with Crippen LogP contribution in [-0.4, -0.2) is 75.4 Å². The molecule has 3 unspecified atom stereocenters. The third-order valence-electron chi connectivity index (χ3n) is 4.83. The summed E-state index contributed by atoms with van der Waals surface area (Å²) in [6, 6.07) is 0.251. The highest BCUT2D eigenvalue weighted by molar-refractivity contribution is 5.85. The third-order valence-corrected chi connectivity index (χ3v) is 4.83. The van der Waals surface area contributed by atoms with E-state index in [1.165, 1.54) is 4.90 Å². The highest BCUT2D eigenvalue weighted by atomic mass is 16.6. The van der Waals surface area contributed by atoms with E-state index in [2.05, 4.69) is 0 Å². The Balaban J connectivity index is 0.000000300. The molecule has 0 aromatic rings. The molecule has 3 atom stereocenters. The zero-order chi connectivity index (χ0) is 23.3. The molecular formula is C22H40N2O6. The lowest BCUT2D eigenvalue weighted by atomic mass is 10.0. The minimum absolute atomic E-state index is 0.0950. The van der Waals surface area contributed by atoms with E-state index in [1.807, 2.05) is 55.4 Å². The fourth-order valence-corrected chi connectivity index (χ4v) is 3.18. The monoisotopic (exact) mass is 428 g/mol. The molecule has 174 valence electrons. The number of hydrogen-bond acceptors (Lipinski definition) is 6. The number of likely N-dealkylation sites (tertiary alicyclic amines) is 2. The predicted octanol–water partition coefficient (Wildman–Crippen LogP) is 3.74. The lowest BCUT2D eigenvalue weighted by Crippen LogP contribution is -2.49. The van der Waals surface area contributed by atoms with E-state index in [4.69, 9.17) is 9.47 Å². The number of β-amino-alcohol motifs (C(OH)–C–C–N with tert-alkyl or cyclic N) is 1. The molecule has 2 rings (SSSR count). The van der Waals surface area contributed by atoms with Crippen molar-refractivity contribution in [1.29, 1.82) is 0 Å². The van der Waals surface area contributed by atoms with E-state index >= 15 is 0 Å². The maximum atomic E-state index is 11.8. The number of piperidine rings is 2. The smallest absolute Gasteiger partial charge is 0.410 e. The number of ketones is 1. The van der Waals surface area contributed by atoms with Crippen molar-refractivity contribution >= 4 is 18.0 Å². The summed E-state index contributed by atoms with van der Waals surface area (Å²) in [5.41, 5.74) is -0.976. The van der Waals surface area contributed by atoms with Crippen molar-refractivity contribution in [2.45, 2.75) is 110 Å². The summed E-state index contributed by atoms with van der Waals surface area (Å²) in [5.74, 6) is 0.110. The second-order valence-electron chi connectivity index (χ2n) is 10.2. The van der Waals surface area contributed by atoms with Gasteiger partial charge in [-0.15, -0.1) is 0 Å². The van der Waals surface area contributed by atoms with Crippen LogP contribution in [0.1, 0.15) is 81.1 Å². The average Bonchev–Trinajstić information content (AvgIpc) is 2.56. The van der Waals surface area contributed by atoms with Crippen LogP contribution < -0.4 is 0 Å². The molecule has 2 heterocycles. The van der Waals surface area contributed by atoms with Crippen molar-refractivity contribution in [1.82, 2.24) is 9.80 Å². The molecule has 0 saturated carbocycles. The number of ether oxygens (including phenoxy) is 2. The average molecular weight is 429 g/mol. The normalized spacial score (nSPS) is 25.2. The van der Waals surface area contributed by atoms with Gasteiger partial charge in [0.2, 0.25) is 0 Å². The molecule has 0 spiro atoms. The van der Waals surface area contributed by atoms with Crippen LogP contribution in [0.5, 0.6) is 0 Å². The van der Waals surface area contributed by atoms with Gasteiger partial charge in [0.05, 0.1) is 19.2 Å². The van der Waals surface area contributed by atoms with Crippen LogP contribution in [-0.2, 0) is 14.3 Å². The van der Waals surface area contributed by atoms with Gasteiger partial charge in [0.25, 0.3) is 0 Å². The van der Waals surface area contributed by atoms with Crippen LogP contribution in [0.15, 0.2) is 0 Å². The van der Waals surface area contributed by atoms with Crippen LogP contribution in [0.4, 0.5) is 9.59 Å². The van der Waals surface area contributed by atoms with Crippen LogP contribution >= 0.6 is 0 Å². The molecule has 2 saturated heterocycles. The molecule has 0 aromatic heterocycles. The number of carbonyl (C=O) groups is 3. The van der Waals surface area contributed by atoms with Crippen LogP contribution in [0.3, 0.4) is 0 Å². The molecule has 2 aliphatic rings. The second-order valence-corrected chi connectivity index (χ2v) is 10.2. The zero-order valence-electron chi connectivity index (χ0n) is 19.9. The van der Waals surface area contributed by atoms with Crippen molar-refractivity contribution < 1.29 is 29.0 Å². The van der Waals surface area contributed by atoms with E-state index in [0.717, 1.165) is 19.3 Å². The summed E-state index contributed by atoms with van der Waals surface area (Å²) >= 11 is 0. The van der Waals surface area contributed by atoms with Gasteiger partial charge in [-0.3, -0.25) is 9.69 Å². The van der Waals surface area contributed by atoms with Gasteiger partial charge in [-0.25, -0.2) is 9.59 Å². The Morgan fingerprint density at radius 3 is 1.83 bits per heavy atom. The molecule has 2 fully saturated rings. The number of Topliss-reactive ketones (excluding diaryl/α,β-unsaturated/α-hetero) is 1. The van der Waals surface area contributed by atoms with Crippen molar-refractivity contribution in [3.05, 3.63) is 0 Å². The van der Waals surface area contributed by atoms with E-state index < -0.39 is 17.3 Å². The highest BCUT2D eigenvalue weighted by Gasteiger charge is 2.32. The molecule has 0 aliphatic carbocycles. The van der Waals surface area contributed by atoms with Crippen molar-refractivity contribution in [2.24, 2.45) is 0 Å². The Hall–Kier alpha value is -1.83. The summed E-state index contributed by atoms with van der Waals surface area (Å²) in [5, 5.41) is 9.50. The first kappa shape index (κ1) is 26.2. The fraction of sp³-hybridized carbons (Fsp3) is 0.864. The van der Waals surface area contributed by atoms with Crippen molar-refractivity contribution in [3.63, 3.8) is 0 Å². The SMILES string of the molecule is CC1CCC(=O)CN1C(=O)OC(C)(C)C.CC1CCC(O)CN1C(=O)OC(C)(C)C. The number of carbonyl (C=O) groups excluding carboxylic acids is 3. The quantitative estimate of drug-likeness (QED) is 0.631. The summed E-state index contributed by atoms with van der Waals surface area (Å²) in [7, 11) is 0. The van der Waals surface area contributed by atoms with E-state index in [1.54, 1.807) is 4.90 Å². The largest absolute Gasteiger partial charge is 0.444 e. The maximum absolute atomic E-state index is 11.8. The number of amides is 2. The molecule has 8 heteroatoms. The standard InChI is InChI=1S/C11H21NO3.C11H19NO3/c2*1-8-5-6-9(13)7-12(8)10(14)15-11(2,3)4/h8-9,13H,5-7H2,1-4H3;8H,5-7H2,1-4H3. The Morgan fingerprint density at radius 1 is 0.867 bits per heavy atom. The van der Waals surface area contributed by atoms with Gasteiger partial charge in [0.1, 0.15) is 11.2 Å². The lowest BCUT2D eigenvalue weighted by Gasteiger charge is -2.36. The van der Waals surface area contributed by atoms with Crippen LogP contribution in [0, 0.1) is 0 Å². The lowest BCUT2D eigenvalue weighted by molar-refractivity contribution is -0.123. The van der Waals surface area contributed by atoms with Gasteiger partial charge in [-0.2, -0.15) is 0 Å². The number of rotatable bonds is 0. The van der Waals surface area contributed by atoms with E-state index in [9.17, 15) is 19.5 Å². The minimum atomic E-state index is -0.503. The molecule has 30 heavy (non-hydrogen) atoms. The predicted molar refractivity (Wildman–Crippen MR) is 114 cm³/mol. The Kier molecular flexibility index (Phi) is 9.14. The van der Waals surface area contributed by atoms with Crippen LogP contribution in [0.25, 0.3) is 0 Å². The Bertz CT molecular complexity index is 608. The molecule has 2 aliphatic heterocycles. The second kappa shape index (κ2) is 10.5. The van der Waals surface area contributed by atoms with E-state index in [0.29, 0.717) is 13.0 Å². The van der Waals surface area contributed by atoms with Gasteiger partial charge in [-0.1, -0.05) is 0 Å². The minimum Gasteiger partial charge on any atom is -0.444 e. The fourth-order valence-electron chi connectivity index (χ4n) is 3.18. The van der Waals surface area contributed by atoms with Crippen molar-refractivity contribution in [2.75, 3.05) is 13.1 Å². The molecule has 1 N–H and O–H groups in total. The molecule has 0 bridgehead atoms. The van der Waals surface area contributed by atoms with Gasteiger partial charge >= 0.3 is 12.2 Å². The topological polar surface area (TPSA) is 96.4 Å². The number of aliphatic hydroxyl groups excluding tert-OH is 1. The van der Waals surface area contributed by atoms with Gasteiger partial charge in [0, 0.05) is 18.5 Å². The molecule has 0 aromatic carbocycles. The summed E-state index contributed by atoms with van der Waals surface area (Å²) in [6.07, 6.45) is 1.78. The molecule has 8 nitrogen and oxygen atoms in total. The third kappa shape index (κ3) is 9.32. The van der Waals surface area contributed by atoms with Crippen molar-refractivity contribution in [3.8, 4) is 0 Å². The first-order chi connectivity index (χ1) is 13.6. The number of aliphatic hydroxyl groups is 1. The highest BCUT2D eigenvalue weighted by Crippen LogP contribution is 2.20. The molecule has 2 amide bonds. The Morgan fingerprint density at radius 2 is 1.33 bits per heavy atom. The van der Waals surface area contributed by atoms with Gasteiger partial charge in [0.15, 0.2) is 5.78 Å². The van der Waals surface area contributed by atoms with Gasteiger partial charge < -0.3 is 19.5 Å². The van der Waals surface area contributed by atoms with Gasteiger partial charge in [-0.05, 0) is 74.7 Å². The first-order valence-electron chi connectivity index (χ1n) is 10.8. The number of nitrogens with zero attached hydrogens (tertiary/aromatic N) is 2. The first-order valence-corrected chi connectivity index (χ1v) is 10.8. The summed E-state index contributed by atoms with van der Waals surface area (Å²) in [4.78, 5) is 37.8. The van der Waals surface area contributed by atoms with Crippen LogP contribution in [0.2, 0.25) is 0 Å². The number of hydrogen-bond donors (Lipinski definition) is 1.